The van der Waals surface area contributed by atoms with Crippen molar-refractivity contribution in [1.29, 1.82) is 0 Å². The molecule has 0 spiro atoms. The first-order chi connectivity index (χ1) is 12.2. The van der Waals surface area contributed by atoms with Crippen LogP contribution in [0.1, 0.15) is 53.2 Å². The zero-order chi connectivity index (χ0) is 17.4. The SMILES string of the molecule is COCCCNC(=O)c1nc2c3c4c(sc3ncn2n1)CCCC4C. The lowest BCUT2D eigenvalue weighted by molar-refractivity contribution is 0.0938. The predicted octanol–water partition coefficient (Wildman–Crippen LogP) is 2.55. The minimum Gasteiger partial charge on any atom is -0.385 e. The Morgan fingerprint density at radius 2 is 2.40 bits per heavy atom. The molecule has 1 aliphatic rings. The van der Waals surface area contributed by atoms with Gasteiger partial charge in [-0.15, -0.1) is 16.4 Å². The second kappa shape index (κ2) is 6.68. The van der Waals surface area contributed by atoms with E-state index in [1.54, 1.807) is 29.3 Å². The number of thiophene rings is 1. The van der Waals surface area contributed by atoms with Crippen LogP contribution < -0.4 is 5.32 Å². The molecule has 1 N–H and O–H groups in total. The Morgan fingerprint density at radius 3 is 3.24 bits per heavy atom. The number of carbonyl (C=O) groups is 1. The van der Waals surface area contributed by atoms with Crippen molar-refractivity contribution in [2.45, 2.75) is 38.5 Å². The Labute approximate surface area is 149 Å². The van der Waals surface area contributed by atoms with Crippen molar-refractivity contribution in [1.82, 2.24) is 24.9 Å². The maximum Gasteiger partial charge on any atom is 0.290 e. The van der Waals surface area contributed by atoms with Gasteiger partial charge in [-0.3, -0.25) is 4.79 Å². The third-order valence-electron chi connectivity index (χ3n) is 4.69. The zero-order valence-electron chi connectivity index (χ0n) is 14.4. The molecule has 0 saturated carbocycles. The first-order valence-corrected chi connectivity index (χ1v) is 9.44. The molecule has 7 nitrogen and oxygen atoms in total. The Morgan fingerprint density at radius 1 is 1.52 bits per heavy atom. The number of amides is 1. The van der Waals surface area contributed by atoms with E-state index in [9.17, 15) is 4.79 Å². The van der Waals surface area contributed by atoms with Gasteiger partial charge >= 0.3 is 0 Å². The average molecular weight is 359 g/mol. The standard InChI is InChI=1S/C17H21N5O2S/c1-10-5-3-6-11-12(10)13-15-20-14(16(23)18-7-4-8-24-2)21-22(15)9-19-17(13)25-11/h9-10H,3-8H2,1-2H3,(H,18,23). The summed E-state index contributed by atoms with van der Waals surface area (Å²) in [6, 6.07) is 0. The Hall–Kier alpha value is -2.06. The average Bonchev–Trinajstić information content (AvgIpc) is 3.19. The fraction of sp³-hybridized carbons (Fsp3) is 0.529. The molecule has 8 heteroatoms. The van der Waals surface area contributed by atoms with Gasteiger partial charge in [-0.25, -0.2) is 14.5 Å². The number of nitrogens with zero attached hydrogens (tertiary/aromatic N) is 4. The van der Waals surface area contributed by atoms with Crippen LogP contribution in [0.2, 0.25) is 0 Å². The van der Waals surface area contributed by atoms with E-state index < -0.39 is 0 Å². The van der Waals surface area contributed by atoms with Crippen LogP contribution in [0.25, 0.3) is 15.9 Å². The normalized spacial score (nSPS) is 17.1. The topological polar surface area (TPSA) is 81.4 Å². The number of aromatic nitrogens is 4. The zero-order valence-corrected chi connectivity index (χ0v) is 15.2. The van der Waals surface area contributed by atoms with Gasteiger partial charge in [0.25, 0.3) is 5.91 Å². The third kappa shape index (κ3) is 2.89. The number of fused-ring (bicyclic) bond motifs is 5. The number of methoxy groups -OCH3 is 1. The summed E-state index contributed by atoms with van der Waals surface area (Å²) in [5.74, 6) is 0.425. The van der Waals surface area contributed by atoms with Gasteiger partial charge in [0.2, 0.25) is 5.82 Å². The number of nitrogens with one attached hydrogen (secondary N) is 1. The number of carbonyl (C=O) groups excluding carboxylic acids is 1. The largest absolute Gasteiger partial charge is 0.385 e. The minimum atomic E-state index is -0.259. The summed E-state index contributed by atoms with van der Waals surface area (Å²) in [5, 5.41) is 8.22. The molecule has 4 rings (SSSR count). The van der Waals surface area contributed by atoms with Crippen molar-refractivity contribution in [2.75, 3.05) is 20.3 Å². The maximum absolute atomic E-state index is 12.3. The van der Waals surface area contributed by atoms with E-state index in [0.29, 0.717) is 19.1 Å². The van der Waals surface area contributed by atoms with E-state index in [2.05, 4.69) is 27.3 Å². The van der Waals surface area contributed by atoms with E-state index in [0.717, 1.165) is 28.7 Å². The van der Waals surface area contributed by atoms with Crippen LogP contribution in [0.15, 0.2) is 6.33 Å². The van der Waals surface area contributed by atoms with Crippen molar-refractivity contribution >= 4 is 33.1 Å². The summed E-state index contributed by atoms with van der Waals surface area (Å²) in [5.41, 5.74) is 2.09. The molecular weight excluding hydrogens is 338 g/mol. The first kappa shape index (κ1) is 16.4. The van der Waals surface area contributed by atoms with Crippen molar-refractivity contribution in [3.63, 3.8) is 0 Å². The highest BCUT2D eigenvalue weighted by Crippen LogP contribution is 2.42. The minimum absolute atomic E-state index is 0.190. The highest BCUT2D eigenvalue weighted by molar-refractivity contribution is 7.19. The van der Waals surface area contributed by atoms with E-state index in [4.69, 9.17) is 4.74 Å². The number of rotatable bonds is 5. The molecule has 0 radical (unpaired) electrons. The summed E-state index contributed by atoms with van der Waals surface area (Å²) >= 11 is 1.75. The van der Waals surface area contributed by atoms with Gasteiger partial charge in [0.1, 0.15) is 11.2 Å². The van der Waals surface area contributed by atoms with Gasteiger partial charge in [-0.05, 0) is 37.2 Å². The Bertz CT molecular complexity index is 932. The summed E-state index contributed by atoms with van der Waals surface area (Å²) in [7, 11) is 1.65. The number of hydrogen-bond acceptors (Lipinski definition) is 6. The van der Waals surface area contributed by atoms with Gasteiger partial charge < -0.3 is 10.1 Å². The van der Waals surface area contributed by atoms with E-state index in [1.807, 2.05) is 0 Å². The molecular formula is C17H21N5O2S. The fourth-order valence-corrected chi connectivity index (χ4v) is 4.78. The summed E-state index contributed by atoms with van der Waals surface area (Å²) in [6.07, 6.45) is 5.92. The van der Waals surface area contributed by atoms with Gasteiger partial charge in [-0.1, -0.05) is 6.92 Å². The fourth-order valence-electron chi connectivity index (χ4n) is 3.48. The third-order valence-corrected chi connectivity index (χ3v) is 5.86. The van der Waals surface area contributed by atoms with Crippen LogP contribution in [0.5, 0.6) is 0 Å². The summed E-state index contributed by atoms with van der Waals surface area (Å²) < 4.78 is 6.61. The smallest absolute Gasteiger partial charge is 0.290 e. The van der Waals surface area contributed by atoms with Gasteiger partial charge in [0, 0.05) is 25.1 Å². The lowest BCUT2D eigenvalue weighted by Crippen LogP contribution is -2.26. The van der Waals surface area contributed by atoms with Crippen LogP contribution in [0.4, 0.5) is 0 Å². The lowest BCUT2D eigenvalue weighted by Gasteiger charge is -2.18. The van der Waals surface area contributed by atoms with E-state index in [1.165, 1.54) is 23.3 Å². The van der Waals surface area contributed by atoms with E-state index >= 15 is 0 Å². The Kier molecular flexibility index (Phi) is 4.39. The molecule has 0 bridgehead atoms. The molecule has 3 heterocycles. The molecule has 1 atom stereocenters. The molecule has 1 unspecified atom stereocenters. The van der Waals surface area contributed by atoms with Gasteiger partial charge in [-0.2, -0.15) is 0 Å². The predicted molar refractivity (Wildman–Crippen MR) is 96.3 cm³/mol. The van der Waals surface area contributed by atoms with Crippen LogP contribution >= 0.6 is 11.3 Å². The lowest BCUT2D eigenvalue weighted by atomic mass is 9.87. The van der Waals surface area contributed by atoms with Gasteiger partial charge in [0.15, 0.2) is 5.65 Å². The summed E-state index contributed by atoms with van der Waals surface area (Å²) in [6.45, 7) is 3.41. The highest BCUT2D eigenvalue weighted by Gasteiger charge is 2.25. The van der Waals surface area contributed by atoms with Crippen molar-refractivity contribution in [3.05, 3.63) is 22.6 Å². The molecule has 3 aromatic heterocycles. The number of hydrogen-bond donors (Lipinski definition) is 1. The molecule has 1 amide bonds. The van der Waals surface area contributed by atoms with Gasteiger partial charge in [0.05, 0.1) is 5.39 Å². The second-order valence-electron chi connectivity index (χ2n) is 6.46. The molecule has 0 aliphatic heterocycles. The highest BCUT2D eigenvalue weighted by atomic mass is 32.1. The molecule has 3 aromatic rings. The monoisotopic (exact) mass is 359 g/mol. The molecule has 1 aliphatic carbocycles. The van der Waals surface area contributed by atoms with Crippen LogP contribution in [-0.4, -0.2) is 45.8 Å². The second-order valence-corrected chi connectivity index (χ2v) is 7.55. The van der Waals surface area contributed by atoms with Crippen molar-refractivity contribution in [2.24, 2.45) is 0 Å². The van der Waals surface area contributed by atoms with Crippen molar-refractivity contribution in [3.8, 4) is 0 Å². The van der Waals surface area contributed by atoms with Crippen molar-refractivity contribution < 1.29 is 9.53 Å². The molecule has 0 fully saturated rings. The Balaban J connectivity index is 1.72. The van der Waals surface area contributed by atoms with Crippen LogP contribution in [-0.2, 0) is 11.2 Å². The van der Waals surface area contributed by atoms with Crippen LogP contribution in [0.3, 0.4) is 0 Å². The quantitative estimate of drug-likeness (QED) is 0.708. The van der Waals surface area contributed by atoms with Crippen LogP contribution in [0, 0.1) is 0 Å². The maximum atomic E-state index is 12.3. The van der Waals surface area contributed by atoms with E-state index in [-0.39, 0.29) is 11.7 Å². The number of aryl methyl sites for hydroxylation is 1. The molecule has 25 heavy (non-hydrogen) atoms. The molecule has 132 valence electrons. The summed E-state index contributed by atoms with van der Waals surface area (Å²) in [4.78, 5) is 23.8. The first-order valence-electron chi connectivity index (χ1n) is 8.63. The molecule has 0 aromatic carbocycles. The molecule has 0 saturated heterocycles. The number of ether oxygens (including phenoxy) is 1.